The molecule has 4 aliphatic rings. The van der Waals surface area contributed by atoms with Gasteiger partial charge in [0.05, 0.1) is 23.8 Å². The van der Waals surface area contributed by atoms with Crippen LogP contribution in [0.5, 0.6) is 0 Å². The number of carbonyl (C=O) groups excluding carboxylic acids is 1. The van der Waals surface area contributed by atoms with Gasteiger partial charge < -0.3 is 9.88 Å². The molecule has 1 aromatic heterocycles. The molecule has 1 atom stereocenters. The van der Waals surface area contributed by atoms with Crippen LogP contribution in [0.15, 0.2) is 4.79 Å². The summed E-state index contributed by atoms with van der Waals surface area (Å²) in [6.07, 6.45) is 16.4. The Morgan fingerprint density at radius 3 is 2.45 bits per heavy atom. The van der Waals surface area contributed by atoms with Crippen LogP contribution < -0.4 is 5.56 Å². The lowest BCUT2D eigenvalue weighted by Gasteiger charge is -2.35. The molecule has 1 saturated heterocycles. The highest BCUT2D eigenvalue weighted by Gasteiger charge is 2.35. The third kappa shape index (κ3) is 4.59. The zero-order valence-electron chi connectivity index (χ0n) is 18.9. The first-order chi connectivity index (χ1) is 15.2. The normalized spacial score (nSPS) is 26.2. The van der Waals surface area contributed by atoms with E-state index in [4.69, 9.17) is 4.98 Å². The Morgan fingerprint density at radius 2 is 1.68 bits per heavy atom. The largest absolute Gasteiger partial charge is 0.338 e. The van der Waals surface area contributed by atoms with Gasteiger partial charge in [-0.3, -0.25) is 14.5 Å². The van der Waals surface area contributed by atoms with Gasteiger partial charge in [-0.1, -0.05) is 38.5 Å². The minimum Gasteiger partial charge on any atom is -0.338 e. The monoisotopic (exact) mass is 426 g/mol. The number of aromatic amines is 1. The van der Waals surface area contributed by atoms with Crippen LogP contribution in [0.2, 0.25) is 0 Å². The van der Waals surface area contributed by atoms with Crippen molar-refractivity contribution < 1.29 is 4.79 Å². The molecule has 1 N–H and O–H groups in total. The summed E-state index contributed by atoms with van der Waals surface area (Å²) in [5, 5.41) is 0. The lowest BCUT2D eigenvalue weighted by Crippen LogP contribution is -2.41. The fraction of sp³-hybridized carbons (Fsp3) is 0.800. The molecule has 6 heteroatoms. The molecule has 2 aliphatic carbocycles. The molecule has 6 nitrogen and oxygen atoms in total. The Morgan fingerprint density at radius 1 is 0.935 bits per heavy atom. The van der Waals surface area contributed by atoms with Crippen molar-refractivity contribution in [1.82, 2.24) is 19.8 Å². The molecule has 170 valence electrons. The number of nitrogens with one attached hydrogen (secondary N) is 1. The Labute approximate surface area is 185 Å². The number of H-pyrrole nitrogens is 1. The number of likely N-dealkylation sites (tertiary alicyclic amines) is 1. The molecule has 0 bridgehead atoms. The summed E-state index contributed by atoms with van der Waals surface area (Å²) in [6.45, 7) is 2.26. The van der Waals surface area contributed by atoms with Crippen molar-refractivity contribution in [3.63, 3.8) is 0 Å². The van der Waals surface area contributed by atoms with E-state index in [1.807, 2.05) is 4.90 Å². The molecular weight excluding hydrogens is 388 g/mol. The van der Waals surface area contributed by atoms with E-state index >= 15 is 0 Å². The van der Waals surface area contributed by atoms with Gasteiger partial charge in [0.2, 0.25) is 5.91 Å². The van der Waals surface area contributed by atoms with Crippen molar-refractivity contribution >= 4 is 5.91 Å². The molecular formula is C25H38N4O2. The Bertz CT molecular complexity index is 838. The zero-order chi connectivity index (χ0) is 21.2. The van der Waals surface area contributed by atoms with Gasteiger partial charge in [0, 0.05) is 25.4 Å². The van der Waals surface area contributed by atoms with Crippen LogP contribution in [0.4, 0.5) is 0 Å². The maximum Gasteiger partial charge on any atom is 0.256 e. The number of carbonyl (C=O) groups is 1. The number of aromatic nitrogens is 2. The second-order valence-corrected chi connectivity index (χ2v) is 10.3. The van der Waals surface area contributed by atoms with Gasteiger partial charge in [-0.15, -0.1) is 0 Å². The van der Waals surface area contributed by atoms with E-state index in [0.717, 1.165) is 24.5 Å². The first kappa shape index (κ1) is 21.2. The van der Waals surface area contributed by atoms with E-state index in [1.165, 1.54) is 70.6 Å². The quantitative estimate of drug-likeness (QED) is 0.787. The highest BCUT2D eigenvalue weighted by Crippen LogP contribution is 2.36. The molecule has 3 heterocycles. The van der Waals surface area contributed by atoms with E-state index in [2.05, 4.69) is 9.88 Å². The lowest BCUT2D eigenvalue weighted by molar-refractivity contribution is -0.133. The Balaban J connectivity index is 1.28. The van der Waals surface area contributed by atoms with Crippen molar-refractivity contribution in [2.75, 3.05) is 13.1 Å². The maximum atomic E-state index is 13.0. The van der Waals surface area contributed by atoms with E-state index in [9.17, 15) is 9.59 Å². The molecule has 1 unspecified atom stereocenters. The summed E-state index contributed by atoms with van der Waals surface area (Å²) in [6, 6.07) is 0.905. The standard InChI is InChI=1S/C25H38N4O2/c30-23(16-18-8-3-1-4-9-18)28-15-13-21-20(17-28)25(31)27-24(26-21)22-12-7-14-29(22)19-10-5-2-6-11-19/h18-19,22H,1-17H2,(H,26,27,31). The van der Waals surface area contributed by atoms with Crippen molar-refractivity contribution in [2.24, 2.45) is 5.92 Å². The van der Waals surface area contributed by atoms with Gasteiger partial charge in [0.15, 0.2) is 0 Å². The van der Waals surface area contributed by atoms with E-state index in [0.29, 0.717) is 43.5 Å². The van der Waals surface area contributed by atoms with Crippen molar-refractivity contribution in [3.05, 3.63) is 27.4 Å². The topological polar surface area (TPSA) is 69.3 Å². The average molecular weight is 427 g/mol. The summed E-state index contributed by atoms with van der Waals surface area (Å²) < 4.78 is 0. The molecule has 3 fully saturated rings. The second kappa shape index (κ2) is 9.43. The Hall–Kier alpha value is -1.69. The third-order valence-corrected chi connectivity index (χ3v) is 8.28. The van der Waals surface area contributed by atoms with Crippen LogP contribution in [-0.4, -0.2) is 44.8 Å². The van der Waals surface area contributed by atoms with Gasteiger partial charge in [-0.2, -0.15) is 0 Å². The number of rotatable bonds is 4. The van der Waals surface area contributed by atoms with Crippen LogP contribution in [0, 0.1) is 5.92 Å². The first-order valence-electron chi connectivity index (χ1n) is 12.8. The summed E-state index contributed by atoms with van der Waals surface area (Å²) in [5.41, 5.74) is 1.62. The third-order valence-electron chi connectivity index (χ3n) is 8.28. The van der Waals surface area contributed by atoms with Gasteiger partial charge in [0.25, 0.3) is 5.56 Å². The molecule has 2 aliphatic heterocycles. The molecule has 5 rings (SSSR count). The second-order valence-electron chi connectivity index (χ2n) is 10.3. The Kier molecular flexibility index (Phi) is 6.44. The van der Waals surface area contributed by atoms with Gasteiger partial charge in [-0.25, -0.2) is 4.98 Å². The fourth-order valence-electron chi connectivity index (χ4n) is 6.51. The van der Waals surface area contributed by atoms with Crippen LogP contribution in [0.3, 0.4) is 0 Å². The molecule has 1 aromatic rings. The van der Waals surface area contributed by atoms with E-state index in [1.54, 1.807) is 0 Å². The van der Waals surface area contributed by atoms with Crippen molar-refractivity contribution in [2.45, 2.75) is 109 Å². The van der Waals surface area contributed by atoms with E-state index < -0.39 is 0 Å². The highest BCUT2D eigenvalue weighted by molar-refractivity contribution is 5.76. The number of hydrogen-bond acceptors (Lipinski definition) is 4. The van der Waals surface area contributed by atoms with Crippen molar-refractivity contribution in [1.29, 1.82) is 0 Å². The fourth-order valence-corrected chi connectivity index (χ4v) is 6.51. The van der Waals surface area contributed by atoms with Gasteiger partial charge >= 0.3 is 0 Å². The van der Waals surface area contributed by atoms with Crippen LogP contribution >= 0.6 is 0 Å². The SMILES string of the molecule is O=C(CC1CCCCC1)N1CCc2nc(C3CCCN3C3CCCCC3)[nH]c(=O)c2C1. The molecule has 2 saturated carbocycles. The van der Waals surface area contributed by atoms with Crippen molar-refractivity contribution in [3.8, 4) is 0 Å². The average Bonchev–Trinajstić information content (AvgIpc) is 3.30. The molecule has 31 heavy (non-hydrogen) atoms. The lowest BCUT2D eigenvalue weighted by atomic mass is 9.86. The van der Waals surface area contributed by atoms with Crippen LogP contribution in [0.1, 0.15) is 107 Å². The molecule has 1 amide bonds. The highest BCUT2D eigenvalue weighted by atomic mass is 16.2. The smallest absolute Gasteiger partial charge is 0.256 e. The summed E-state index contributed by atoms with van der Waals surface area (Å²) >= 11 is 0. The number of hydrogen-bond donors (Lipinski definition) is 1. The van der Waals surface area contributed by atoms with Gasteiger partial charge in [-0.05, 0) is 51.0 Å². The predicted octanol–water partition coefficient (Wildman–Crippen LogP) is 4.09. The zero-order valence-corrected chi connectivity index (χ0v) is 18.9. The van der Waals surface area contributed by atoms with Gasteiger partial charge in [0.1, 0.15) is 5.82 Å². The summed E-state index contributed by atoms with van der Waals surface area (Å²) in [4.78, 5) is 38.5. The number of amides is 1. The maximum absolute atomic E-state index is 13.0. The number of fused-ring (bicyclic) bond motifs is 1. The summed E-state index contributed by atoms with van der Waals surface area (Å²) in [7, 11) is 0. The molecule has 0 radical (unpaired) electrons. The first-order valence-corrected chi connectivity index (χ1v) is 12.8. The number of nitrogens with zero attached hydrogens (tertiary/aromatic N) is 3. The predicted molar refractivity (Wildman–Crippen MR) is 121 cm³/mol. The molecule has 0 spiro atoms. The summed E-state index contributed by atoms with van der Waals surface area (Å²) in [5.74, 6) is 1.63. The minimum absolute atomic E-state index is 0.0225. The van der Waals surface area contributed by atoms with Crippen LogP contribution in [0.25, 0.3) is 0 Å². The molecule has 0 aromatic carbocycles. The van der Waals surface area contributed by atoms with Crippen LogP contribution in [-0.2, 0) is 17.8 Å². The van der Waals surface area contributed by atoms with E-state index in [-0.39, 0.29) is 17.5 Å². The minimum atomic E-state index is -0.0225.